The monoisotopic (exact) mass is 548 g/mol. The zero-order valence-electron chi connectivity index (χ0n) is 22.0. The molecule has 0 spiro atoms. The van der Waals surface area contributed by atoms with E-state index < -0.39 is 60.4 Å². The second-order valence-corrected chi connectivity index (χ2v) is 9.79. The highest BCUT2D eigenvalue weighted by Crippen LogP contribution is 2.44. The van der Waals surface area contributed by atoms with Gasteiger partial charge >= 0.3 is 17.9 Å². The van der Waals surface area contributed by atoms with E-state index in [0.29, 0.717) is 5.75 Å². The second kappa shape index (κ2) is 12.8. The van der Waals surface area contributed by atoms with Crippen LogP contribution in [0.1, 0.15) is 36.0 Å². The molecule has 4 atom stereocenters. The van der Waals surface area contributed by atoms with Crippen LogP contribution in [0.2, 0.25) is 0 Å². The third-order valence-electron chi connectivity index (χ3n) is 7.37. The Hall–Kier alpha value is -4.21. The zero-order chi connectivity index (χ0) is 28.7. The molecule has 3 N–H and O–H groups in total. The Kier molecular flexibility index (Phi) is 9.19. The fourth-order valence-corrected chi connectivity index (χ4v) is 5.61. The number of carbonyl (C=O) groups is 3. The number of carboxylic acid groups (broad SMARTS) is 3. The quantitative estimate of drug-likeness (QED) is 0.265. The molecule has 1 unspecified atom stereocenters. The van der Waals surface area contributed by atoms with E-state index in [2.05, 4.69) is 0 Å². The normalized spacial score (nSPS) is 20.6. The van der Waals surface area contributed by atoms with Crippen molar-refractivity contribution in [1.29, 1.82) is 0 Å². The Labute approximate surface area is 231 Å². The number of benzene rings is 3. The first kappa shape index (κ1) is 28.8. The molecule has 0 bridgehead atoms. The third-order valence-corrected chi connectivity index (χ3v) is 7.37. The molecule has 40 heavy (non-hydrogen) atoms. The van der Waals surface area contributed by atoms with E-state index in [9.17, 15) is 29.7 Å². The van der Waals surface area contributed by atoms with E-state index >= 15 is 0 Å². The van der Waals surface area contributed by atoms with Gasteiger partial charge in [-0.25, -0.2) is 0 Å². The van der Waals surface area contributed by atoms with Crippen LogP contribution in [0.25, 0.3) is 0 Å². The van der Waals surface area contributed by atoms with Gasteiger partial charge in [-0.15, -0.1) is 0 Å². The summed E-state index contributed by atoms with van der Waals surface area (Å²) in [6, 6.07) is 26.5. The smallest absolute Gasteiger partial charge is 0.305 e. The molecule has 9 nitrogen and oxygen atoms in total. The van der Waals surface area contributed by atoms with Gasteiger partial charge in [-0.3, -0.25) is 14.4 Å². The number of hydrogen-bond acceptors (Lipinski definition) is 6. The van der Waals surface area contributed by atoms with Crippen molar-refractivity contribution in [3.05, 3.63) is 102 Å². The molecule has 0 aliphatic carbocycles. The minimum atomic E-state index is -1.16. The average Bonchev–Trinajstić information content (AvgIpc) is 3.24. The van der Waals surface area contributed by atoms with E-state index in [4.69, 9.17) is 14.2 Å². The first-order valence-corrected chi connectivity index (χ1v) is 12.9. The van der Waals surface area contributed by atoms with Crippen LogP contribution in [0.3, 0.4) is 0 Å². The van der Waals surface area contributed by atoms with Crippen molar-refractivity contribution in [3.8, 4) is 5.75 Å². The zero-order valence-corrected chi connectivity index (χ0v) is 22.0. The molecule has 1 fully saturated rings. The van der Waals surface area contributed by atoms with Crippen LogP contribution in [0.15, 0.2) is 84.9 Å². The maximum absolute atomic E-state index is 11.8. The standard InChI is InChI=1S/C31H32O9/c1-38-23-14-12-22(13-15-23)31(20-8-4-2-5-9-20,21-10-6-3-7-11-21)39-19-27-25(17-29(34)35)24(16-28(32)33)26(40-27)18-30(36)37/h2-15,24-27H,16-19H2,1H3,(H,32,33)(H,34,35)(H,36,37)/t24-,25-,26?,27+/m1/s1. The summed E-state index contributed by atoms with van der Waals surface area (Å²) >= 11 is 0. The van der Waals surface area contributed by atoms with Gasteiger partial charge in [0, 0.05) is 11.8 Å². The average molecular weight is 549 g/mol. The molecule has 3 aromatic rings. The number of carboxylic acids is 3. The van der Waals surface area contributed by atoms with E-state index in [-0.39, 0.29) is 13.0 Å². The van der Waals surface area contributed by atoms with Crippen molar-refractivity contribution in [2.45, 2.75) is 37.1 Å². The largest absolute Gasteiger partial charge is 0.497 e. The highest BCUT2D eigenvalue weighted by atomic mass is 16.6. The van der Waals surface area contributed by atoms with Gasteiger partial charge in [0.15, 0.2) is 0 Å². The van der Waals surface area contributed by atoms with Crippen LogP contribution in [0.5, 0.6) is 5.75 Å². The summed E-state index contributed by atoms with van der Waals surface area (Å²) in [5, 5.41) is 28.6. The van der Waals surface area contributed by atoms with Gasteiger partial charge < -0.3 is 29.5 Å². The lowest BCUT2D eigenvalue weighted by Crippen LogP contribution is -2.37. The summed E-state index contributed by atoms with van der Waals surface area (Å²) in [4.78, 5) is 35.0. The van der Waals surface area contributed by atoms with Crippen LogP contribution in [0.4, 0.5) is 0 Å². The molecule has 0 amide bonds. The van der Waals surface area contributed by atoms with E-state index in [1.807, 2.05) is 84.9 Å². The van der Waals surface area contributed by atoms with Gasteiger partial charge in [-0.2, -0.15) is 0 Å². The molecule has 0 aromatic heterocycles. The van der Waals surface area contributed by atoms with Crippen LogP contribution >= 0.6 is 0 Å². The van der Waals surface area contributed by atoms with Gasteiger partial charge in [0.2, 0.25) is 0 Å². The summed E-state index contributed by atoms with van der Waals surface area (Å²) in [6.45, 7) is -0.111. The van der Waals surface area contributed by atoms with Gasteiger partial charge in [0.25, 0.3) is 0 Å². The Morgan fingerprint density at radius 2 is 1.12 bits per heavy atom. The van der Waals surface area contributed by atoms with Crippen LogP contribution in [-0.2, 0) is 29.5 Å². The molecule has 0 saturated carbocycles. The molecule has 1 saturated heterocycles. The Balaban J connectivity index is 1.79. The molecule has 0 radical (unpaired) electrons. The highest BCUT2D eigenvalue weighted by molar-refractivity contribution is 5.70. The number of aliphatic carboxylic acids is 3. The predicted molar refractivity (Wildman–Crippen MR) is 144 cm³/mol. The number of ether oxygens (including phenoxy) is 3. The molecular weight excluding hydrogens is 516 g/mol. The lowest BCUT2D eigenvalue weighted by molar-refractivity contribution is -0.144. The number of methoxy groups -OCH3 is 1. The van der Waals surface area contributed by atoms with Crippen LogP contribution in [0, 0.1) is 11.8 Å². The maximum atomic E-state index is 11.8. The van der Waals surface area contributed by atoms with Crippen molar-refractivity contribution in [2.75, 3.05) is 13.7 Å². The molecule has 1 aliphatic heterocycles. The van der Waals surface area contributed by atoms with Crippen molar-refractivity contribution in [3.63, 3.8) is 0 Å². The first-order valence-electron chi connectivity index (χ1n) is 12.9. The molecule has 1 aliphatic rings. The van der Waals surface area contributed by atoms with Gasteiger partial charge in [0.1, 0.15) is 11.4 Å². The van der Waals surface area contributed by atoms with Crippen molar-refractivity contribution >= 4 is 17.9 Å². The summed E-state index contributed by atoms with van der Waals surface area (Å²) < 4.78 is 18.3. The number of rotatable bonds is 13. The van der Waals surface area contributed by atoms with Gasteiger partial charge in [-0.05, 0) is 28.8 Å². The molecule has 1 heterocycles. The first-order chi connectivity index (χ1) is 19.2. The SMILES string of the molecule is COc1ccc(C(OC[C@@H]2OC(CC(=O)O)[C@H](CC(=O)O)[C@H]2CC(=O)O)(c2ccccc2)c2ccccc2)cc1. The molecular formula is C31H32O9. The molecule has 9 heteroatoms. The third kappa shape index (κ3) is 6.32. The Morgan fingerprint density at radius 3 is 1.57 bits per heavy atom. The van der Waals surface area contributed by atoms with Crippen LogP contribution in [-0.4, -0.2) is 59.2 Å². The van der Waals surface area contributed by atoms with Crippen molar-refractivity contribution < 1.29 is 43.9 Å². The second-order valence-electron chi connectivity index (χ2n) is 9.79. The molecule has 210 valence electrons. The van der Waals surface area contributed by atoms with Crippen LogP contribution < -0.4 is 4.74 Å². The van der Waals surface area contributed by atoms with E-state index in [0.717, 1.165) is 16.7 Å². The summed E-state index contributed by atoms with van der Waals surface area (Å²) in [5.74, 6) is -4.34. The fourth-order valence-electron chi connectivity index (χ4n) is 5.61. The number of hydrogen-bond donors (Lipinski definition) is 3. The van der Waals surface area contributed by atoms with Crippen molar-refractivity contribution in [2.24, 2.45) is 11.8 Å². The minimum Gasteiger partial charge on any atom is -0.497 e. The molecule has 3 aromatic carbocycles. The predicted octanol–water partition coefficient (Wildman–Crippen LogP) is 4.43. The topological polar surface area (TPSA) is 140 Å². The van der Waals surface area contributed by atoms with Gasteiger partial charge in [0.05, 0.1) is 45.2 Å². The summed E-state index contributed by atoms with van der Waals surface area (Å²) in [6.07, 6.45) is -3.04. The molecule has 4 rings (SSSR count). The summed E-state index contributed by atoms with van der Waals surface area (Å²) in [5.41, 5.74) is 1.24. The lowest BCUT2D eigenvalue weighted by Gasteiger charge is -2.37. The Bertz CT molecular complexity index is 1250. The minimum absolute atomic E-state index is 0.111. The van der Waals surface area contributed by atoms with Gasteiger partial charge in [-0.1, -0.05) is 72.8 Å². The lowest BCUT2D eigenvalue weighted by atomic mass is 9.79. The van der Waals surface area contributed by atoms with E-state index in [1.54, 1.807) is 7.11 Å². The van der Waals surface area contributed by atoms with Crippen molar-refractivity contribution in [1.82, 2.24) is 0 Å². The Morgan fingerprint density at radius 1 is 0.675 bits per heavy atom. The highest BCUT2D eigenvalue weighted by Gasteiger charge is 2.48. The van der Waals surface area contributed by atoms with E-state index in [1.165, 1.54) is 0 Å². The fraction of sp³-hybridized carbons (Fsp3) is 0.323. The maximum Gasteiger partial charge on any atom is 0.305 e. The summed E-state index contributed by atoms with van der Waals surface area (Å²) in [7, 11) is 1.58.